The number of allylic oxidation sites excluding steroid dienone is 1. The van der Waals surface area contributed by atoms with Gasteiger partial charge in [-0.3, -0.25) is 9.59 Å². The van der Waals surface area contributed by atoms with Gasteiger partial charge in [0.25, 0.3) is 5.91 Å². The summed E-state index contributed by atoms with van der Waals surface area (Å²) in [6.45, 7) is 6.35. The average molecular weight is 456 g/mol. The average Bonchev–Trinajstić information content (AvgIpc) is 3.13. The third-order valence-electron chi connectivity index (χ3n) is 4.26. The predicted molar refractivity (Wildman–Crippen MR) is 123 cm³/mol. The number of carbonyl (C=O) groups is 2. The van der Waals surface area contributed by atoms with Crippen molar-refractivity contribution in [2.24, 2.45) is 0 Å². The number of benzene rings is 2. The fourth-order valence-corrected chi connectivity index (χ4v) is 3.81. The Morgan fingerprint density at radius 1 is 1.19 bits per heavy atom. The van der Waals surface area contributed by atoms with Gasteiger partial charge in [-0.2, -0.15) is 0 Å². The van der Waals surface area contributed by atoms with E-state index < -0.39 is 0 Å². The Bertz CT molecular complexity index is 1100. The predicted octanol–water partition coefficient (Wildman–Crippen LogP) is 4.09. The van der Waals surface area contributed by atoms with E-state index in [4.69, 9.17) is 11.6 Å². The molecular weight excluding hydrogens is 434 g/mol. The van der Waals surface area contributed by atoms with Crippen LogP contribution in [0.3, 0.4) is 0 Å². The number of halogens is 1. The number of nitrogens with zero attached hydrogens (tertiary/aromatic N) is 3. The maximum absolute atomic E-state index is 12.4. The number of nitrogens with one attached hydrogen (secondary N) is 2. The number of aromatic nitrogens is 3. The highest BCUT2D eigenvalue weighted by Gasteiger charge is 2.16. The van der Waals surface area contributed by atoms with Crippen LogP contribution >= 0.6 is 23.4 Å². The van der Waals surface area contributed by atoms with Crippen LogP contribution in [0.1, 0.15) is 21.7 Å². The molecule has 0 aliphatic rings. The minimum absolute atomic E-state index is 0.141. The summed E-state index contributed by atoms with van der Waals surface area (Å²) in [5.74, 6) is 0.291. The van der Waals surface area contributed by atoms with Crippen molar-refractivity contribution in [3.05, 3.63) is 83.2 Å². The second kappa shape index (κ2) is 10.8. The van der Waals surface area contributed by atoms with Crippen LogP contribution in [0, 0.1) is 6.92 Å². The van der Waals surface area contributed by atoms with Gasteiger partial charge in [0, 0.05) is 12.2 Å². The van der Waals surface area contributed by atoms with Gasteiger partial charge in [0.15, 0.2) is 11.0 Å². The smallest absolute Gasteiger partial charge is 0.253 e. The molecule has 0 atom stereocenters. The van der Waals surface area contributed by atoms with Gasteiger partial charge < -0.3 is 15.2 Å². The van der Waals surface area contributed by atoms with E-state index in [1.807, 2.05) is 35.8 Å². The first-order valence-electron chi connectivity index (χ1n) is 9.53. The quantitative estimate of drug-likeness (QED) is 0.375. The van der Waals surface area contributed by atoms with Crippen molar-refractivity contribution in [2.45, 2.75) is 25.2 Å². The highest BCUT2D eigenvalue weighted by atomic mass is 35.5. The van der Waals surface area contributed by atoms with Crippen LogP contribution in [-0.4, -0.2) is 32.3 Å². The molecule has 3 aromatic rings. The molecule has 0 fully saturated rings. The van der Waals surface area contributed by atoms with Crippen molar-refractivity contribution in [1.82, 2.24) is 20.1 Å². The van der Waals surface area contributed by atoms with Gasteiger partial charge in [0.1, 0.15) is 0 Å². The first-order valence-corrected chi connectivity index (χ1v) is 10.9. The molecule has 2 N–H and O–H groups in total. The standard InChI is InChI=1S/C22H22ClN5O2S/c1-3-11-28-19(13-24-21(30)17-9-4-5-10-18(17)23)26-27-22(28)31-14-20(29)25-16-8-6-7-15(2)12-16/h3-10,12H,1,11,13-14H2,2H3,(H,24,30)(H,25,29). The Hall–Kier alpha value is -3.10. The Morgan fingerprint density at radius 3 is 2.74 bits per heavy atom. The first-order chi connectivity index (χ1) is 15.0. The molecule has 0 radical (unpaired) electrons. The topological polar surface area (TPSA) is 88.9 Å². The Balaban J connectivity index is 1.61. The zero-order valence-corrected chi connectivity index (χ0v) is 18.5. The Morgan fingerprint density at radius 2 is 2.00 bits per heavy atom. The zero-order chi connectivity index (χ0) is 22.2. The number of hydrogen-bond acceptors (Lipinski definition) is 5. The van der Waals surface area contributed by atoms with E-state index in [0.717, 1.165) is 11.3 Å². The lowest BCUT2D eigenvalue weighted by Gasteiger charge is -2.10. The molecule has 0 bridgehead atoms. The normalized spacial score (nSPS) is 10.5. The van der Waals surface area contributed by atoms with E-state index in [1.165, 1.54) is 11.8 Å². The van der Waals surface area contributed by atoms with Crippen molar-refractivity contribution in [2.75, 3.05) is 11.1 Å². The molecule has 0 aliphatic carbocycles. The molecule has 2 amide bonds. The molecular formula is C22H22ClN5O2S. The van der Waals surface area contributed by atoms with Gasteiger partial charge in [0.2, 0.25) is 5.91 Å². The summed E-state index contributed by atoms with van der Waals surface area (Å²) in [5, 5.41) is 14.9. The fourth-order valence-electron chi connectivity index (χ4n) is 2.82. The van der Waals surface area contributed by atoms with Gasteiger partial charge in [0.05, 0.1) is 22.9 Å². The molecule has 1 heterocycles. The molecule has 1 aromatic heterocycles. The van der Waals surface area contributed by atoms with Crippen LogP contribution in [0.4, 0.5) is 5.69 Å². The summed E-state index contributed by atoms with van der Waals surface area (Å²) in [6.07, 6.45) is 1.71. The summed E-state index contributed by atoms with van der Waals surface area (Å²) in [4.78, 5) is 24.7. The molecule has 160 valence electrons. The highest BCUT2D eigenvalue weighted by molar-refractivity contribution is 7.99. The number of amides is 2. The van der Waals surface area contributed by atoms with Crippen molar-refractivity contribution < 1.29 is 9.59 Å². The summed E-state index contributed by atoms with van der Waals surface area (Å²) < 4.78 is 1.81. The van der Waals surface area contributed by atoms with Crippen LogP contribution < -0.4 is 10.6 Å². The van der Waals surface area contributed by atoms with Crippen LogP contribution in [0.5, 0.6) is 0 Å². The fraction of sp³-hybridized carbons (Fsp3) is 0.182. The van der Waals surface area contributed by atoms with E-state index in [-0.39, 0.29) is 24.1 Å². The van der Waals surface area contributed by atoms with Gasteiger partial charge in [-0.05, 0) is 36.8 Å². The molecule has 3 rings (SSSR count). The third kappa shape index (κ3) is 6.19. The van der Waals surface area contributed by atoms with Gasteiger partial charge >= 0.3 is 0 Å². The molecule has 0 unspecified atom stereocenters. The van der Waals surface area contributed by atoms with Crippen LogP contribution in [0.15, 0.2) is 66.3 Å². The highest BCUT2D eigenvalue weighted by Crippen LogP contribution is 2.19. The van der Waals surface area contributed by atoms with Gasteiger partial charge in [-0.15, -0.1) is 16.8 Å². The van der Waals surface area contributed by atoms with E-state index in [1.54, 1.807) is 30.3 Å². The molecule has 0 saturated carbocycles. The molecule has 31 heavy (non-hydrogen) atoms. The van der Waals surface area contributed by atoms with E-state index >= 15 is 0 Å². The number of hydrogen-bond donors (Lipinski definition) is 2. The van der Waals surface area contributed by atoms with Crippen LogP contribution in [0.25, 0.3) is 0 Å². The SMILES string of the molecule is C=CCn1c(CNC(=O)c2ccccc2Cl)nnc1SCC(=O)Nc1cccc(C)c1. The number of aryl methyl sites for hydroxylation is 1. The van der Waals surface area contributed by atoms with Crippen molar-refractivity contribution in [1.29, 1.82) is 0 Å². The first kappa shape index (κ1) is 22.6. The monoisotopic (exact) mass is 455 g/mol. The minimum Gasteiger partial charge on any atom is -0.345 e. The number of anilines is 1. The third-order valence-corrected chi connectivity index (χ3v) is 5.56. The molecule has 7 nitrogen and oxygen atoms in total. The second-order valence-corrected chi connectivity index (χ2v) is 8.02. The largest absolute Gasteiger partial charge is 0.345 e. The van der Waals surface area contributed by atoms with Crippen molar-refractivity contribution in [3.63, 3.8) is 0 Å². The lowest BCUT2D eigenvalue weighted by molar-refractivity contribution is -0.113. The second-order valence-electron chi connectivity index (χ2n) is 6.67. The number of thioether (sulfide) groups is 1. The molecule has 0 saturated heterocycles. The molecule has 2 aromatic carbocycles. The van der Waals surface area contributed by atoms with E-state index in [9.17, 15) is 9.59 Å². The van der Waals surface area contributed by atoms with Gasteiger partial charge in [-0.25, -0.2) is 0 Å². The minimum atomic E-state index is -0.300. The number of rotatable bonds is 9. The maximum atomic E-state index is 12.4. The molecule has 9 heteroatoms. The van der Waals surface area contributed by atoms with Gasteiger partial charge in [-0.1, -0.05) is 53.7 Å². The van der Waals surface area contributed by atoms with E-state index in [2.05, 4.69) is 27.4 Å². The molecule has 0 spiro atoms. The molecule has 0 aliphatic heterocycles. The van der Waals surface area contributed by atoms with Crippen molar-refractivity contribution >= 4 is 40.9 Å². The Labute approximate surface area is 189 Å². The number of carbonyl (C=O) groups excluding carboxylic acids is 2. The lowest BCUT2D eigenvalue weighted by Crippen LogP contribution is -2.25. The summed E-state index contributed by atoms with van der Waals surface area (Å²) in [5.41, 5.74) is 2.21. The maximum Gasteiger partial charge on any atom is 0.253 e. The summed E-state index contributed by atoms with van der Waals surface area (Å²) in [6, 6.07) is 14.4. The zero-order valence-electron chi connectivity index (χ0n) is 17.0. The summed E-state index contributed by atoms with van der Waals surface area (Å²) in [7, 11) is 0. The summed E-state index contributed by atoms with van der Waals surface area (Å²) >= 11 is 7.34. The van der Waals surface area contributed by atoms with Crippen LogP contribution in [-0.2, 0) is 17.9 Å². The van der Waals surface area contributed by atoms with E-state index in [0.29, 0.717) is 28.1 Å². The Kier molecular flexibility index (Phi) is 7.86. The lowest BCUT2D eigenvalue weighted by atomic mass is 10.2. The van der Waals surface area contributed by atoms with Crippen molar-refractivity contribution in [3.8, 4) is 0 Å². The van der Waals surface area contributed by atoms with Crippen LogP contribution in [0.2, 0.25) is 5.02 Å².